The van der Waals surface area contributed by atoms with Gasteiger partial charge in [0, 0.05) is 17.1 Å². The Morgan fingerprint density at radius 1 is 1.23 bits per heavy atom. The summed E-state index contributed by atoms with van der Waals surface area (Å²) in [6.07, 6.45) is -1.60. The maximum Gasteiger partial charge on any atom is 0.416 e. The number of rotatable bonds is 2. The molecule has 0 unspecified atom stereocenters. The van der Waals surface area contributed by atoms with Crippen LogP contribution in [-0.2, 0) is 6.18 Å². The zero-order valence-corrected chi connectivity index (χ0v) is 12.0. The molecule has 114 valence electrons. The highest BCUT2D eigenvalue weighted by molar-refractivity contribution is 6.35. The van der Waals surface area contributed by atoms with Crippen molar-refractivity contribution in [2.45, 2.75) is 6.18 Å². The first kappa shape index (κ1) is 14.6. The molecule has 3 rings (SSSR count). The summed E-state index contributed by atoms with van der Waals surface area (Å²) in [6, 6.07) is 3.59. The van der Waals surface area contributed by atoms with E-state index in [1.54, 1.807) is 0 Å². The Kier molecular flexibility index (Phi) is 3.44. The van der Waals surface area contributed by atoms with Gasteiger partial charge in [0.2, 0.25) is 5.88 Å². The molecule has 0 atom stereocenters. The number of ether oxygens (including phenoxy) is 1. The Hall–Kier alpha value is -2.28. The summed E-state index contributed by atoms with van der Waals surface area (Å²) >= 11 is 6.18. The van der Waals surface area contributed by atoms with Gasteiger partial charge in [0.25, 0.3) is 0 Å². The minimum atomic E-state index is -4.47. The SMILES string of the molecule is COc1nccc(-c2cc(C(F)(F)F)cc3[nH]ncc23)c1Cl. The zero-order valence-electron chi connectivity index (χ0n) is 11.2. The molecule has 3 aromatic rings. The van der Waals surface area contributed by atoms with Gasteiger partial charge in [-0.25, -0.2) is 4.98 Å². The van der Waals surface area contributed by atoms with Crippen molar-refractivity contribution < 1.29 is 17.9 Å². The van der Waals surface area contributed by atoms with Gasteiger partial charge in [-0.05, 0) is 23.8 Å². The van der Waals surface area contributed by atoms with E-state index in [0.717, 1.165) is 12.1 Å². The lowest BCUT2D eigenvalue weighted by atomic mass is 9.99. The lowest BCUT2D eigenvalue weighted by Crippen LogP contribution is -2.05. The second-order valence-electron chi connectivity index (χ2n) is 4.53. The van der Waals surface area contributed by atoms with Crippen molar-refractivity contribution in [3.63, 3.8) is 0 Å². The average Bonchev–Trinajstić information content (AvgIpc) is 2.94. The molecule has 2 aromatic heterocycles. The molecule has 0 saturated heterocycles. The molecule has 0 bridgehead atoms. The van der Waals surface area contributed by atoms with Crippen LogP contribution in [0.2, 0.25) is 5.02 Å². The van der Waals surface area contributed by atoms with E-state index in [1.165, 1.54) is 25.6 Å². The van der Waals surface area contributed by atoms with Gasteiger partial charge >= 0.3 is 6.18 Å². The average molecular weight is 328 g/mol. The molecular weight excluding hydrogens is 319 g/mol. The van der Waals surface area contributed by atoms with Gasteiger partial charge in [0.1, 0.15) is 5.02 Å². The number of hydrogen-bond acceptors (Lipinski definition) is 3. The molecular formula is C14H9ClF3N3O. The summed E-state index contributed by atoms with van der Waals surface area (Å²) in [4.78, 5) is 3.92. The largest absolute Gasteiger partial charge is 0.480 e. The molecule has 22 heavy (non-hydrogen) atoms. The Morgan fingerprint density at radius 3 is 2.68 bits per heavy atom. The lowest BCUT2D eigenvalue weighted by molar-refractivity contribution is -0.137. The number of H-pyrrole nitrogens is 1. The second kappa shape index (κ2) is 5.17. The highest BCUT2D eigenvalue weighted by atomic mass is 35.5. The highest BCUT2D eigenvalue weighted by Crippen LogP contribution is 2.40. The van der Waals surface area contributed by atoms with Crippen LogP contribution in [0.5, 0.6) is 5.88 Å². The number of fused-ring (bicyclic) bond motifs is 1. The molecule has 0 spiro atoms. The molecule has 0 aliphatic carbocycles. The molecule has 0 aliphatic heterocycles. The van der Waals surface area contributed by atoms with Gasteiger partial charge < -0.3 is 4.74 Å². The predicted octanol–water partition coefficient (Wildman–Crippen LogP) is 4.31. The van der Waals surface area contributed by atoms with Crippen LogP contribution in [0.4, 0.5) is 13.2 Å². The normalized spacial score (nSPS) is 11.9. The number of aromatic amines is 1. The van der Waals surface area contributed by atoms with Crippen LogP contribution >= 0.6 is 11.6 Å². The van der Waals surface area contributed by atoms with Gasteiger partial charge in [0.05, 0.1) is 24.4 Å². The molecule has 2 heterocycles. The molecule has 1 aromatic carbocycles. The first-order chi connectivity index (χ1) is 10.4. The number of nitrogens with zero attached hydrogens (tertiary/aromatic N) is 2. The maximum absolute atomic E-state index is 13.1. The number of alkyl halides is 3. The molecule has 0 fully saturated rings. The fourth-order valence-corrected chi connectivity index (χ4v) is 2.50. The number of benzene rings is 1. The molecule has 0 amide bonds. The molecule has 1 N–H and O–H groups in total. The van der Waals surface area contributed by atoms with Crippen molar-refractivity contribution >= 4 is 22.5 Å². The number of nitrogens with one attached hydrogen (secondary N) is 1. The number of hydrogen-bond donors (Lipinski definition) is 1. The number of pyridine rings is 1. The summed E-state index contributed by atoms with van der Waals surface area (Å²) < 4.78 is 44.2. The molecule has 0 aliphatic rings. The predicted molar refractivity (Wildman–Crippen MR) is 75.9 cm³/mol. The first-order valence-corrected chi connectivity index (χ1v) is 6.53. The molecule has 4 nitrogen and oxygen atoms in total. The zero-order chi connectivity index (χ0) is 15.9. The summed E-state index contributed by atoms with van der Waals surface area (Å²) in [5.41, 5.74) is 0.193. The van der Waals surface area contributed by atoms with E-state index in [0.29, 0.717) is 16.5 Å². The Labute approximate surface area is 127 Å². The van der Waals surface area contributed by atoms with Gasteiger partial charge in [-0.15, -0.1) is 0 Å². The van der Waals surface area contributed by atoms with Gasteiger partial charge in [0.15, 0.2) is 0 Å². The van der Waals surface area contributed by atoms with Crippen LogP contribution in [0, 0.1) is 0 Å². The van der Waals surface area contributed by atoms with E-state index in [9.17, 15) is 13.2 Å². The fourth-order valence-electron chi connectivity index (χ4n) is 2.21. The van der Waals surface area contributed by atoms with Crippen molar-refractivity contribution in [3.8, 4) is 17.0 Å². The van der Waals surface area contributed by atoms with Crippen LogP contribution in [0.25, 0.3) is 22.0 Å². The third-order valence-electron chi connectivity index (χ3n) is 3.23. The van der Waals surface area contributed by atoms with Crippen LogP contribution < -0.4 is 4.74 Å². The summed E-state index contributed by atoms with van der Waals surface area (Å²) in [5.74, 6) is 0.147. The van der Waals surface area contributed by atoms with Gasteiger partial charge in [-0.1, -0.05) is 11.6 Å². The monoisotopic (exact) mass is 327 g/mol. The van der Waals surface area contributed by atoms with Crippen LogP contribution in [-0.4, -0.2) is 22.3 Å². The standard InChI is InChI=1S/C14H9ClF3N3O/c1-22-13-12(15)8(2-3-19-13)9-4-7(14(16,17)18)5-11-10(9)6-20-21-11/h2-6H,1H3,(H,20,21). The highest BCUT2D eigenvalue weighted by Gasteiger charge is 2.32. The van der Waals surface area contributed by atoms with Crippen LogP contribution in [0.3, 0.4) is 0 Å². The summed E-state index contributed by atoms with van der Waals surface area (Å²) in [7, 11) is 1.39. The molecule has 0 saturated carbocycles. The Bertz CT molecular complexity index is 845. The van der Waals surface area contributed by atoms with Crippen molar-refractivity contribution in [1.29, 1.82) is 0 Å². The van der Waals surface area contributed by atoms with Crippen LogP contribution in [0.1, 0.15) is 5.56 Å². The quantitative estimate of drug-likeness (QED) is 0.763. The fraction of sp³-hybridized carbons (Fsp3) is 0.143. The minimum Gasteiger partial charge on any atom is -0.480 e. The van der Waals surface area contributed by atoms with Crippen molar-refractivity contribution in [2.75, 3.05) is 7.11 Å². The minimum absolute atomic E-state index is 0.145. The van der Waals surface area contributed by atoms with E-state index >= 15 is 0 Å². The van der Waals surface area contributed by atoms with Gasteiger partial charge in [-0.2, -0.15) is 18.3 Å². The smallest absolute Gasteiger partial charge is 0.416 e. The van der Waals surface area contributed by atoms with Crippen molar-refractivity contribution in [3.05, 3.63) is 41.2 Å². The first-order valence-electron chi connectivity index (χ1n) is 6.15. The van der Waals surface area contributed by atoms with E-state index in [4.69, 9.17) is 16.3 Å². The summed E-state index contributed by atoms with van der Waals surface area (Å²) in [6.45, 7) is 0. The van der Waals surface area contributed by atoms with E-state index in [-0.39, 0.29) is 16.4 Å². The second-order valence-corrected chi connectivity index (χ2v) is 4.91. The summed E-state index contributed by atoms with van der Waals surface area (Å²) in [5, 5.41) is 7.03. The maximum atomic E-state index is 13.1. The van der Waals surface area contributed by atoms with Gasteiger partial charge in [-0.3, -0.25) is 5.10 Å². The third-order valence-corrected chi connectivity index (χ3v) is 3.59. The Morgan fingerprint density at radius 2 is 2.00 bits per heavy atom. The molecule has 0 radical (unpaired) electrons. The lowest BCUT2D eigenvalue weighted by Gasteiger charge is -2.12. The Balaban J connectivity index is 2.33. The van der Waals surface area contributed by atoms with Crippen LogP contribution in [0.15, 0.2) is 30.6 Å². The van der Waals surface area contributed by atoms with E-state index in [1.807, 2.05) is 0 Å². The van der Waals surface area contributed by atoms with E-state index in [2.05, 4.69) is 15.2 Å². The third kappa shape index (κ3) is 2.37. The number of methoxy groups -OCH3 is 1. The van der Waals surface area contributed by atoms with Crippen molar-refractivity contribution in [1.82, 2.24) is 15.2 Å². The number of aromatic nitrogens is 3. The van der Waals surface area contributed by atoms with Crippen molar-refractivity contribution in [2.24, 2.45) is 0 Å². The molecule has 8 heteroatoms. The number of halogens is 4. The van der Waals surface area contributed by atoms with E-state index < -0.39 is 11.7 Å². The topological polar surface area (TPSA) is 50.8 Å².